The van der Waals surface area contributed by atoms with Gasteiger partial charge in [0.25, 0.3) is 0 Å². The average molecular weight is 503 g/mol. The Kier molecular flexibility index (Phi) is 8.56. The fourth-order valence-electron chi connectivity index (χ4n) is 3.73. The average Bonchev–Trinajstić information content (AvgIpc) is 3.06. The van der Waals surface area contributed by atoms with E-state index in [1.807, 2.05) is 51.1 Å². The van der Waals surface area contributed by atoms with Gasteiger partial charge >= 0.3 is 11.8 Å². The van der Waals surface area contributed by atoms with E-state index in [0.717, 1.165) is 5.56 Å². The van der Waals surface area contributed by atoms with Gasteiger partial charge in [0.05, 0.1) is 18.3 Å². The van der Waals surface area contributed by atoms with E-state index in [2.05, 4.69) is 29.6 Å². The maximum Gasteiger partial charge on any atom is 0.407 e. The molecule has 1 amide bonds. The molecule has 0 aliphatic heterocycles. The van der Waals surface area contributed by atoms with Crippen LogP contribution in [0, 0.1) is 12.8 Å². The van der Waals surface area contributed by atoms with Gasteiger partial charge in [0, 0.05) is 6.54 Å². The molecule has 0 bridgehead atoms. The van der Waals surface area contributed by atoms with Crippen LogP contribution in [0.2, 0.25) is 5.02 Å². The summed E-state index contributed by atoms with van der Waals surface area (Å²) >= 11 is 6.44. The second-order valence-electron chi connectivity index (χ2n) is 9.92. The Labute approximate surface area is 210 Å². The number of fused-ring (bicyclic) bond motifs is 1. The summed E-state index contributed by atoms with van der Waals surface area (Å²) in [6.07, 6.45) is 0.243. The first-order valence-corrected chi connectivity index (χ1v) is 12.3. The van der Waals surface area contributed by atoms with E-state index in [9.17, 15) is 9.59 Å². The molecule has 0 saturated carbocycles. The molecule has 1 aromatic carbocycles. The van der Waals surface area contributed by atoms with Crippen LogP contribution in [0.5, 0.6) is 0 Å². The van der Waals surface area contributed by atoms with Gasteiger partial charge in [-0.15, -0.1) is 0 Å². The maximum atomic E-state index is 13.5. The van der Waals surface area contributed by atoms with E-state index in [1.54, 1.807) is 11.5 Å². The third kappa shape index (κ3) is 6.82. The summed E-state index contributed by atoms with van der Waals surface area (Å²) in [5, 5.41) is 11.0. The van der Waals surface area contributed by atoms with E-state index < -0.39 is 11.7 Å². The number of nitrogens with zero attached hydrogens (tertiary/aromatic N) is 4. The largest absolute Gasteiger partial charge is 0.444 e. The van der Waals surface area contributed by atoms with Crippen molar-refractivity contribution in [2.24, 2.45) is 5.92 Å². The van der Waals surface area contributed by atoms with Crippen molar-refractivity contribution >= 4 is 23.3 Å². The first kappa shape index (κ1) is 26.7. The van der Waals surface area contributed by atoms with Crippen LogP contribution in [0.4, 0.5) is 4.79 Å². The number of carbonyl (C=O) groups is 1. The zero-order valence-corrected chi connectivity index (χ0v) is 22.0. The Morgan fingerprint density at radius 1 is 1.17 bits per heavy atom. The highest BCUT2D eigenvalue weighted by Crippen LogP contribution is 2.24. The van der Waals surface area contributed by atoms with Gasteiger partial charge in [-0.2, -0.15) is 9.61 Å². The van der Waals surface area contributed by atoms with Crippen LogP contribution in [0.1, 0.15) is 64.2 Å². The molecule has 0 spiro atoms. The number of halogens is 1. The van der Waals surface area contributed by atoms with Gasteiger partial charge in [-0.25, -0.2) is 14.6 Å². The van der Waals surface area contributed by atoms with Gasteiger partial charge in [-0.1, -0.05) is 55.8 Å². The molecule has 3 aromatic rings. The van der Waals surface area contributed by atoms with Crippen LogP contribution >= 0.6 is 11.6 Å². The quantitative estimate of drug-likeness (QED) is 0.427. The van der Waals surface area contributed by atoms with Gasteiger partial charge in [0.15, 0.2) is 5.65 Å². The summed E-state index contributed by atoms with van der Waals surface area (Å²) in [6.45, 7) is 12.8. The summed E-state index contributed by atoms with van der Waals surface area (Å²) < 4.78 is 8.20. The van der Waals surface area contributed by atoms with E-state index in [0.29, 0.717) is 48.2 Å². The first-order chi connectivity index (χ1) is 16.5. The van der Waals surface area contributed by atoms with Crippen molar-refractivity contribution in [1.29, 1.82) is 0 Å². The number of nitrogens with one attached hydrogen (secondary N) is 2. The molecule has 2 heterocycles. The highest BCUT2D eigenvalue weighted by atomic mass is 35.5. The Balaban J connectivity index is 1.84. The molecule has 9 nitrogen and oxygen atoms in total. The molecule has 0 aliphatic rings. The maximum absolute atomic E-state index is 13.5. The Morgan fingerprint density at radius 2 is 1.86 bits per heavy atom. The van der Waals surface area contributed by atoms with Crippen LogP contribution in [-0.4, -0.2) is 43.9 Å². The number of aromatic nitrogens is 4. The minimum atomic E-state index is -0.537. The van der Waals surface area contributed by atoms with Gasteiger partial charge in [-0.3, -0.25) is 4.57 Å². The normalized spacial score (nSPS) is 12.8. The Hall–Kier alpha value is -2.91. The molecule has 0 saturated heterocycles. The minimum absolute atomic E-state index is 0.132. The predicted molar refractivity (Wildman–Crippen MR) is 137 cm³/mol. The lowest BCUT2D eigenvalue weighted by Gasteiger charge is -2.25. The monoisotopic (exact) mass is 502 g/mol. The van der Waals surface area contributed by atoms with Crippen LogP contribution in [0.25, 0.3) is 5.65 Å². The molecule has 190 valence electrons. The number of aryl methyl sites for hydroxylation is 1. The van der Waals surface area contributed by atoms with Crippen molar-refractivity contribution in [2.75, 3.05) is 13.1 Å². The summed E-state index contributed by atoms with van der Waals surface area (Å²) in [6, 6.07) is 9.55. The summed E-state index contributed by atoms with van der Waals surface area (Å²) in [5.74, 6) is 0.733. The smallest absolute Gasteiger partial charge is 0.407 e. The van der Waals surface area contributed by atoms with Gasteiger partial charge in [0.2, 0.25) is 0 Å². The molecule has 0 fully saturated rings. The van der Waals surface area contributed by atoms with Crippen LogP contribution in [0.15, 0.2) is 35.1 Å². The molecular weight excluding hydrogens is 468 g/mol. The molecule has 0 aliphatic carbocycles. The Morgan fingerprint density at radius 3 is 2.49 bits per heavy atom. The number of amides is 1. The number of hydrogen-bond acceptors (Lipinski definition) is 6. The zero-order chi connectivity index (χ0) is 25.8. The third-order valence-corrected chi connectivity index (χ3v) is 5.83. The molecule has 2 N–H and O–H groups in total. The lowest BCUT2D eigenvalue weighted by Crippen LogP contribution is -2.39. The fourth-order valence-corrected chi connectivity index (χ4v) is 3.89. The zero-order valence-electron chi connectivity index (χ0n) is 21.3. The molecular formula is C25H35ClN6O3. The third-order valence-electron chi connectivity index (χ3n) is 5.39. The number of carbonyl (C=O) groups excluding carboxylic acids is 1. The molecule has 35 heavy (non-hydrogen) atoms. The summed E-state index contributed by atoms with van der Waals surface area (Å²) in [5.41, 5.74) is 1.07. The lowest BCUT2D eigenvalue weighted by atomic mass is 10.0. The number of benzene rings is 1. The van der Waals surface area contributed by atoms with E-state index in [-0.39, 0.29) is 17.6 Å². The van der Waals surface area contributed by atoms with Gasteiger partial charge in [0.1, 0.15) is 16.4 Å². The van der Waals surface area contributed by atoms with Crippen LogP contribution < -0.4 is 16.3 Å². The predicted octanol–water partition coefficient (Wildman–Crippen LogP) is 4.10. The molecule has 3 rings (SSSR count). The second kappa shape index (κ2) is 11.2. The molecule has 10 heteroatoms. The van der Waals surface area contributed by atoms with Gasteiger partial charge in [-0.05, 0) is 52.1 Å². The minimum Gasteiger partial charge on any atom is -0.444 e. The SMILES string of the molecule is Cc1nn2c(=O)n(Cc3ccccc3)c([C@H](NCCCNC(=O)OC(C)(C)C)C(C)C)nc2c1Cl. The number of ether oxygens (including phenoxy) is 1. The van der Waals surface area contributed by atoms with Crippen molar-refractivity contribution in [3.8, 4) is 0 Å². The number of alkyl carbamates (subject to hydrolysis) is 1. The number of hydrogen-bond donors (Lipinski definition) is 2. The fraction of sp³-hybridized carbons (Fsp3) is 0.520. The molecule has 2 aromatic heterocycles. The van der Waals surface area contributed by atoms with Crippen molar-refractivity contribution in [1.82, 2.24) is 29.8 Å². The highest BCUT2D eigenvalue weighted by Gasteiger charge is 2.25. The van der Waals surface area contributed by atoms with Crippen LogP contribution in [-0.2, 0) is 11.3 Å². The molecule has 1 atom stereocenters. The molecule has 0 radical (unpaired) electrons. The lowest BCUT2D eigenvalue weighted by molar-refractivity contribution is 0.0527. The number of rotatable bonds is 9. The summed E-state index contributed by atoms with van der Waals surface area (Å²) in [4.78, 5) is 30.2. The van der Waals surface area contributed by atoms with E-state index >= 15 is 0 Å². The van der Waals surface area contributed by atoms with Gasteiger partial charge < -0.3 is 15.4 Å². The highest BCUT2D eigenvalue weighted by molar-refractivity contribution is 6.34. The first-order valence-electron chi connectivity index (χ1n) is 11.9. The van der Waals surface area contributed by atoms with E-state index in [4.69, 9.17) is 21.3 Å². The van der Waals surface area contributed by atoms with Crippen molar-refractivity contribution in [3.63, 3.8) is 0 Å². The van der Waals surface area contributed by atoms with Crippen LogP contribution in [0.3, 0.4) is 0 Å². The van der Waals surface area contributed by atoms with Crippen molar-refractivity contribution in [2.45, 2.75) is 66.2 Å². The topological polar surface area (TPSA) is 103 Å². The van der Waals surface area contributed by atoms with Crippen molar-refractivity contribution in [3.05, 3.63) is 62.9 Å². The summed E-state index contributed by atoms with van der Waals surface area (Å²) in [7, 11) is 0. The standard InChI is InChI=1S/C25H35ClN6O3/c1-16(2)20(27-13-10-14-28-23(33)35-25(4,5)6)22-29-21-19(26)17(3)30-32(21)24(34)31(22)15-18-11-8-7-9-12-18/h7-9,11-12,16,20,27H,10,13-15H2,1-6H3,(H,28,33)/t20-/m1/s1. The van der Waals surface area contributed by atoms with Crippen molar-refractivity contribution < 1.29 is 9.53 Å². The second-order valence-corrected chi connectivity index (χ2v) is 10.3. The molecule has 0 unspecified atom stereocenters. The van der Waals surface area contributed by atoms with E-state index in [1.165, 1.54) is 4.52 Å². The Bertz CT molecular complexity index is 1210.